The van der Waals surface area contributed by atoms with Crippen LogP contribution in [0.15, 0.2) is 77.3 Å². The zero-order chi connectivity index (χ0) is 38.5. The molecule has 1 aromatic heterocycles. The molecule has 3 N–H and O–H groups in total. The molecule has 0 unspecified atom stereocenters. The van der Waals surface area contributed by atoms with E-state index in [1.165, 1.54) is 12.1 Å². The van der Waals surface area contributed by atoms with E-state index in [0.29, 0.717) is 104 Å². The van der Waals surface area contributed by atoms with Crippen LogP contribution in [0.3, 0.4) is 0 Å². The summed E-state index contributed by atoms with van der Waals surface area (Å²) in [7, 11) is 1.61. The van der Waals surface area contributed by atoms with E-state index in [1.54, 1.807) is 13.2 Å². The maximum atomic E-state index is 14.0. The number of nitro benzene ring substituents is 2. The van der Waals surface area contributed by atoms with E-state index in [4.69, 9.17) is 14.0 Å². The number of aromatic nitrogens is 1. The van der Waals surface area contributed by atoms with Crippen LogP contribution in [-0.2, 0) is 9.53 Å². The highest BCUT2D eigenvalue weighted by atomic mass is 16.6. The van der Waals surface area contributed by atoms with Gasteiger partial charge >= 0.3 is 0 Å². The summed E-state index contributed by atoms with van der Waals surface area (Å²) < 4.78 is 16.9. The third kappa shape index (κ3) is 7.75. The maximum Gasteiger partial charge on any atom is 0.299 e. The minimum absolute atomic E-state index is 0.00349. The first-order valence-corrected chi connectivity index (χ1v) is 18.0. The third-order valence-corrected chi connectivity index (χ3v) is 9.89. The Balaban J connectivity index is 0.915. The van der Waals surface area contributed by atoms with Gasteiger partial charge in [-0.25, -0.2) is 0 Å². The Morgan fingerprint density at radius 3 is 2.36 bits per heavy atom. The molecule has 55 heavy (non-hydrogen) atoms. The summed E-state index contributed by atoms with van der Waals surface area (Å²) in [6, 6.07) is 20.3. The van der Waals surface area contributed by atoms with Crippen LogP contribution in [0.2, 0.25) is 0 Å². The van der Waals surface area contributed by atoms with Crippen molar-refractivity contribution < 1.29 is 33.4 Å². The zero-order valence-corrected chi connectivity index (χ0v) is 30.0. The predicted octanol–water partition coefficient (Wildman–Crippen LogP) is 6.85. The molecule has 4 aromatic carbocycles. The van der Waals surface area contributed by atoms with Gasteiger partial charge < -0.3 is 34.8 Å². The van der Waals surface area contributed by atoms with Gasteiger partial charge in [0.25, 0.3) is 11.4 Å². The van der Waals surface area contributed by atoms with Crippen molar-refractivity contribution in [3.05, 3.63) is 104 Å². The topological polar surface area (TPSA) is 204 Å². The number of hydrogen-bond donors (Lipinski definition) is 3. The van der Waals surface area contributed by atoms with Crippen molar-refractivity contribution in [2.45, 2.75) is 25.7 Å². The first-order chi connectivity index (χ1) is 26.7. The Hall–Kier alpha value is -6.55. The fourth-order valence-electron chi connectivity index (χ4n) is 7.06. The molecule has 1 saturated heterocycles. The van der Waals surface area contributed by atoms with Crippen LogP contribution < -0.4 is 25.6 Å². The van der Waals surface area contributed by atoms with Gasteiger partial charge in [-0.1, -0.05) is 29.4 Å². The Labute approximate surface area is 315 Å². The van der Waals surface area contributed by atoms with E-state index >= 15 is 0 Å². The van der Waals surface area contributed by atoms with Crippen LogP contribution in [0.5, 0.6) is 5.75 Å². The molecule has 0 spiro atoms. The summed E-state index contributed by atoms with van der Waals surface area (Å²) in [4.78, 5) is 50.2. The number of ketones is 1. The van der Waals surface area contributed by atoms with E-state index in [1.807, 2.05) is 48.5 Å². The van der Waals surface area contributed by atoms with Crippen molar-refractivity contribution in [2.24, 2.45) is 5.92 Å². The molecule has 0 saturated carbocycles. The number of carbonyl (C=O) groups excluding carboxylic acids is 2. The smallest absolute Gasteiger partial charge is 0.299 e. The average Bonchev–Trinajstić information content (AvgIpc) is 3.65. The molecule has 0 atom stereocenters. The SMILES string of the molecule is COc1ccc(Nc2cc(N3CCC(C(=O)NCCCOCCCNc4ccc([N+](=O)[O-])cc4[N+](=O)[O-])CC3)c3noc4c3c2C(=O)c2ccccc2-4)cc1. The van der Waals surface area contributed by atoms with Gasteiger partial charge in [0.15, 0.2) is 11.5 Å². The van der Waals surface area contributed by atoms with Gasteiger partial charge in [-0.2, -0.15) is 0 Å². The highest BCUT2D eigenvalue weighted by molar-refractivity contribution is 6.28. The summed E-state index contributed by atoms with van der Waals surface area (Å²) >= 11 is 0. The number of anilines is 4. The number of amides is 1. The number of fused-ring (bicyclic) bond motifs is 2. The summed E-state index contributed by atoms with van der Waals surface area (Å²) in [5, 5.41) is 36.8. The van der Waals surface area contributed by atoms with E-state index in [9.17, 15) is 29.8 Å². The third-order valence-electron chi connectivity index (χ3n) is 9.89. The van der Waals surface area contributed by atoms with Crippen LogP contribution in [0.1, 0.15) is 41.6 Å². The lowest BCUT2D eigenvalue weighted by Crippen LogP contribution is -2.41. The number of nitrogens with zero attached hydrogens (tertiary/aromatic N) is 4. The van der Waals surface area contributed by atoms with E-state index in [0.717, 1.165) is 23.2 Å². The largest absolute Gasteiger partial charge is 0.497 e. The number of nitro groups is 2. The molecule has 1 aliphatic carbocycles. The van der Waals surface area contributed by atoms with Gasteiger partial charge in [0, 0.05) is 68.2 Å². The number of benzene rings is 4. The van der Waals surface area contributed by atoms with Crippen LogP contribution >= 0.6 is 0 Å². The fraction of sp³-hybridized carbons (Fsp3) is 0.308. The van der Waals surface area contributed by atoms with Gasteiger partial charge in [-0.15, -0.1) is 0 Å². The predicted molar refractivity (Wildman–Crippen MR) is 205 cm³/mol. The summed E-state index contributed by atoms with van der Waals surface area (Å²) in [6.07, 6.45) is 2.46. The van der Waals surface area contributed by atoms with Crippen molar-refractivity contribution in [1.82, 2.24) is 10.5 Å². The van der Waals surface area contributed by atoms with Crippen LogP contribution in [0.4, 0.5) is 34.1 Å². The Bertz CT molecular complexity index is 2250. The number of carbonyl (C=O) groups is 2. The lowest BCUT2D eigenvalue weighted by Gasteiger charge is -2.33. The van der Waals surface area contributed by atoms with Crippen LogP contribution in [-0.4, -0.2) is 73.2 Å². The Morgan fingerprint density at radius 1 is 0.927 bits per heavy atom. The van der Waals surface area contributed by atoms with Gasteiger partial charge in [-0.05, 0) is 62.1 Å². The second kappa shape index (κ2) is 16.2. The highest BCUT2D eigenvalue weighted by Gasteiger charge is 2.35. The lowest BCUT2D eigenvalue weighted by atomic mass is 9.86. The van der Waals surface area contributed by atoms with E-state index in [-0.39, 0.29) is 34.7 Å². The molecule has 16 nitrogen and oxygen atoms in total. The first-order valence-electron chi connectivity index (χ1n) is 18.0. The second-order valence-corrected chi connectivity index (χ2v) is 13.3. The number of ether oxygens (including phenoxy) is 2. The lowest BCUT2D eigenvalue weighted by molar-refractivity contribution is -0.393. The van der Waals surface area contributed by atoms with Gasteiger partial charge in [-0.3, -0.25) is 29.8 Å². The van der Waals surface area contributed by atoms with Crippen molar-refractivity contribution in [3.8, 4) is 17.1 Å². The number of non-ortho nitro benzene ring substituents is 1. The quantitative estimate of drug-likeness (QED) is 0.0527. The van der Waals surface area contributed by atoms with Crippen LogP contribution in [0, 0.1) is 26.1 Å². The fourth-order valence-corrected chi connectivity index (χ4v) is 7.06. The van der Waals surface area contributed by atoms with Crippen molar-refractivity contribution in [2.75, 3.05) is 62.0 Å². The van der Waals surface area contributed by atoms with Crippen molar-refractivity contribution >= 4 is 56.7 Å². The summed E-state index contributed by atoms with van der Waals surface area (Å²) in [5.74, 6) is 1.01. The summed E-state index contributed by atoms with van der Waals surface area (Å²) in [5.41, 5.74) is 4.14. The molecule has 7 rings (SSSR count). The average molecular weight is 750 g/mol. The second-order valence-electron chi connectivity index (χ2n) is 13.3. The molecule has 284 valence electrons. The Morgan fingerprint density at radius 2 is 1.65 bits per heavy atom. The van der Waals surface area contributed by atoms with Gasteiger partial charge in [0.1, 0.15) is 17.0 Å². The molecule has 0 radical (unpaired) electrons. The maximum absolute atomic E-state index is 14.0. The summed E-state index contributed by atoms with van der Waals surface area (Å²) in [6.45, 7) is 2.91. The minimum Gasteiger partial charge on any atom is -0.497 e. The zero-order valence-electron chi connectivity index (χ0n) is 30.0. The number of hydrogen-bond acceptors (Lipinski definition) is 13. The van der Waals surface area contributed by atoms with Gasteiger partial charge in [0.05, 0.1) is 45.3 Å². The molecule has 0 bridgehead atoms. The molecule has 5 aromatic rings. The molecule has 1 amide bonds. The monoisotopic (exact) mass is 749 g/mol. The van der Waals surface area contributed by atoms with Crippen molar-refractivity contribution in [1.29, 1.82) is 0 Å². The number of methoxy groups -OCH3 is 1. The normalized spacial score (nSPS) is 13.7. The standard InChI is InChI=1S/C39H39N7O9/c1-53-27-11-8-25(9-12-27)42-31-23-33(36-35-34(31)37(47)28-6-2-3-7-29(28)38(35)55-43-36)44-18-14-24(15-19-44)39(48)41-17-5-21-54-20-4-16-40-30-13-10-26(45(49)50)22-32(30)46(51)52/h2-3,6-13,22-24,40,42H,4-5,14-21H2,1H3,(H,41,48). The number of nitrogens with one attached hydrogen (secondary N) is 3. The molecule has 2 aliphatic rings. The van der Waals surface area contributed by atoms with E-state index in [2.05, 4.69) is 26.0 Å². The number of rotatable bonds is 16. The molecular weight excluding hydrogens is 710 g/mol. The number of piperidine rings is 1. The Kier molecular flexibility index (Phi) is 10.8. The molecule has 1 fully saturated rings. The molecule has 16 heteroatoms. The molecule has 2 heterocycles. The van der Waals surface area contributed by atoms with E-state index < -0.39 is 9.85 Å². The molecule has 1 aliphatic heterocycles. The first kappa shape index (κ1) is 36.8. The van der Waals surface area contributed by atoms with Crippen molar-refractivity contribution in [3.63, 3.8) is 0 Å². The van der Waals surface area contributed by atoms with Gasteiger partial charge in [0.2, 0.25) is 5.91 Å². The minimum atomic E-state index is -0.675. The molecular formula is C39H39N7O9. The van der Waals surface area contributed by atoms with Crippen LogP contribution in [0.25, 0.3) is 22.2 Å². The highest BCUT2D eigenvalue weighted by Crippen LogP contribution is 2.47.